The maximum atomic E-state index is 13.1. The maximum Gasteiger partial charge on any atom is 0.253 e. The van der Waals surface area contributed by atoms with Gasteiger partial charge in [-0.15, -0.1) is 0 Å². The Morgan fingerprint density at radius 3 is 2.71 bits per heavy atom. The van der Waals surface area contributed by atoms with E-state index in [4.69, 9.17) is 15.2 Å². The Morgan fingerprint density at radius 2 is 2.12 bits per heavy atom. The Bertz CT molecular complexity index is 394. The van der Waals surface area contributed by atoms with E-state index >= 15 is 0 Å². The SMILES string of the molecule is COC(CNC(=O)c1cccc(F)c1N)OC. The molecule has 0 heterocycles. The lowest BCUT2D eigenvalue weighted by Gasteiger charge is -2.14. The van der Waals surface area contributed by atoms with Gasteiger partial charge in [0.2, 0.25) is 0 Å². The van der Waals surface area contributed by atoms with E-state index in [1.54, 1.807) is 0 Å². The number of carbonyl (C=O) groups excluding carboxylic acids is 1. The number of nitrogens with one attached hydrogen (secondary N) is 1. The minimum absolute atomic E-state index is 0.0935. The summed E-state index contributed by atoms with van der Waals surface area (Å²) in [6.07, 6.45) is -0.547. The predicted molar refractivity (Wildman–Crippen MR) is 61.0 cm³/mol. The minimum Gasteiger partial charge on any atom is -0.396 e. The summed E-state index contributed by atoms with van der Waals surface area (Å²) < 4.78 is 22.9. The van der Waals surface area contributed by atoms with Crippen LogP contribution in [-0.4, -0.2) is 33.0 Å². The summed E-state index contributed by atoms with van der Waals surface area (Å²) in [5.41, 5.74) is 5.38. The molecule has 0 saturated carbocycles. The van der Waals surface area contributed by atoms with E-state index in [-0.39, 0.29) is 17.8 Å². The van der Waals surface area contributed by atoms with Crippen LogP contribution < -0.4 is 11.1 Å². The molecule has 17 heavy (non-hydrogen) atoms. The van der Waals surface area contributed by atoms with Crippen molar-refractivity contribution in [3.8, 4) is 0 Å². The Balaban J connectivity index is 2.67. The molecule has 0 aliphatic rings. The molecule has 6 heteroatoms. The van der Waals surface area contributed by atoms with Gasteiger partial charge >= 0.3 is 0 Å². The Morgan fingerprint density at radius 1 is 1.47 bits per heavy atom. The third-order valence-electron chi connectivity index (χ3n) is 2.25. The van der Waals surface area contributed by atoms with Crippen molar-refractivity contribution in [3.63, 3.8) is 0 Å². The van der Waals surface area contributed by atoms with Crippen LogP contribution in [0.4, 0.5) is 10.1 Å². The number of anilines is 1. The van der Waals surface area contributed by atoms with Gasteiger partial charge in [-0.25, -0.2) is 4.39 Å². The normalized spacial score (nSPS) is 10.6. The molecular weight excluding hydrogens is 227 g/mol. The standard InChI is InChI=1S/C11H15FN2O3/c1-16-9(17-2)6-14-11(15)7-4-3-5-8(12)10(7)13/h3-5,9H,6,13H2,1-2H3,(H,14,15). The molecule has 0 aliphatic carbocycles. The highest BCUT2D eigenvalue weighted by Gasteiger charge is 2.14. The Labute approximate surface area is 98.7 Å². The van der Waals surface area contributed by atoms with Gasteiger partial charge < -0.3 is 20.5 Å². The van der Waals surface area contributed by atoms with Crippen molar-refractivity contribution in [2.24, 2.45) is 0 Å². The molecule has 0 aromatic heterocycles. The lowest BCUT2D eigenvalue weighted by molar-refractivity contribution is -0.0974. The van der Waals surface area contributed by atoms with E-state index in [0.717, 1.165) is 0 Å². The molecule has 1 rings (SSSR count). The third kappa shape index (κ3) is 3.40. The highest BCUT2D eigenvalue weighted by atomic mass is 19.1. The van der Waals surface area contributed by atoms with Crippen LogP contribution in [0.1, 0.15) is 10.4 Å². The van der Waals surface area contributed by atoms with Crippen molar-refractivity contribution < 1.29 is 18.7 Å². The Hall–Kier alpha value is -1.66. The van der Waals surface area contributed by atoms with Crippen molar-refractivity contribution in [3.05, 3.63) is 29.6 Å². The number of carbonyl (C=O) groups is 1. The van der Waals surface area contributed by atoms with E-state index < -0.39 is 18.0 Å². The van der Waals surface area contributed by atoms with Crippen molar-refractivity contribution >= 4 is 11.6 Å². The van der Waals surface area contributed by atoms with Crippen LogP contribution in [0.25, 0.3) is 0 Å². The van der Waals surface area contributed by atoms with Gasteiger partial charge in [-0.3, -0.25) is 4.79 Å². The second-order valence-electron chi connectivity index (χ2n) is 3.31. The van der Waals surface area contributed by atoms with Crippen LogP contribution in [0.5, 0.6) is 0 Å². The second kappa shape index (κ2) is 6.17. The number of ether oxygens (including phenoxy) is 2. The number of amides is 1. The maximum absolute atomic E-state index is 13.1. The number of nitrogen functional groups attached to an aromatic ring is 1. The number of methoxy groups -OCH3 is 2. The molecule has 0 saturated heterocycles. The first-order chi connectivity index (χ1) is 8.10. The average molecular weight is 242 g/mol. The topological polar surface area (TPSA) is 73.6 Å². The molecule has 1 aromatic rings. The summed E-state index contributed by atoms with van der Waals surface area (Å²) in [7, 11) is 2.91. The van der Waals surface area contributed by atoms with E-state index in [0.29, 0.717) is 0 Å². The molecule has 0 bridgehead atoms. The summed E-state index contributed by atoms with van der Waals surface area (Å²) >= 11 is 0. The zero-order valence-corrected chi connectivity index (χ0v) is 9.70. The fourth-order valence-electron chi connectivity index (χ4n) is 1.27. The van der Waals surface area contributed by atoms with Crippen LogP contribution in [0, 0.1) is 5.82 Å². The molecule has 1 amide bonds. The average Bonchev–Trinajstić information content (AvgIpc) is 2.33. The van der Waals surface area contributed by atoms with Gasteiger partial charge in [0.25, 0.3) is 5.91 Å². The lowest BCUT2D eigenvalue weighted by Crippen LogP contribution is -2.34. The van der Waals surface area contributed by atoms with Gasteiger partial charge in [0.05, 0.1) is 17.8 Å². The molecule has 1 aromatic carbocycles. The first-order valence-electron chi connectivity index (χ1n) is 4.98. The van der Waals surface area contributed by atoms with Crippen molar-refractivity contribution in [1.29, 1.82) is 0 Å². The van der Waals surface area contributed by atoms with Gasteiger partial charge in [0, 0.05) is 14.2 Å². The summed E-state index contributed by atoms with van der Waals surface area (Å²) in [5, 5.41) is 2.53. The van der Waals surface area contributed by atoms with Crippen LogP contribution in [-0.2, 0) is 9.47 Å². The molecule has 0 atom stereocenters. The third-order valence-corrected chi connectivity index (χ3v) is 2.25. The van der Waals surface area contributed by atoms with Gasteiger partial charge in [0.1, 0.15) is 5.82 Å². The number of halogens is 1. The van der Waals surface area contributed by atoms with Gasteiger partial charge in [0.15, 0.2) is 6.29 Å². The number of hydrogen-bond donors (Lipinski definition) is 2. The highest BCUT2D eigenvalue weighted by Crippen LogP contribution is 2.15. The quantitative estimate of drug-likeness (QED) is 0.590. The fraction of sp³-hybridized carbons (Fsp3) is 0.364. The fourth-order valence-corrected chi connectivity index (χ4v) is 1.27. The molecule has 3 N–H and O–H groups in total. The van der Waals surface area contributed by atoms with Crippen LogP contribution in [0.15, 0.2) is 18.2 Å². The monoisotopic (exact) mass is 242 g/mol. The molecule has 94 valence electrons. The van der Waals surface area contributed by atoms with Gasteiger partial charge in [-0.2, -0.15) is 0 Å². The van der Waals surface area contributed by atoms with E-state index in [1.807, 2.05) is 0 Å². The predicted octanol–water partition coefficient (Wildman–Crippen LogP) is 0.757. The number of para-hydroxylation sites is 1. The molecule has 0 aliphatic heterocycles. The molecule has 0 unspecified atom stereocenters. The smallest absolute Gasteiger partial charge is 0.253 e. The highest BCUT2D eigenvalue weighted by molar-refractivity contribution is 5.99. The molecule has 0 fully saturated rings. The molecule has 0 spiro atoms. The summed E-state index contributed by atoms with van der Waals surface area (Å²) in [4.78, 5) is 11.7. The first-order valence-corrected chi connectivity index (χ1v) is 4.98. The minimum atomic E-state index is -0.618. The largest absolute Gasteiger partial charge is 0.396 e. The van der Waals surface area contributed by atoms with Gasteiger partial charge in [-0.1, -0.05) is 6.07 Å². The summed E-state index contributed by atoms with van der Waals surface area (Å²) in [6, 6.07) is 4.06. The van der Waals surface area contributed by atoms with Crippen molar-refractivity contribution in [2.75, 3.05) is 26.5 Å². The first kappa shape index (κ1) is 13.4. The summed E-state index contributed by atoms with van der Waals surface area (Å²) in [5.74, 6) is -1.09. The van der Waals surface area contributed by atoms with Crippen LogP contribution in [0.2, 0.25) is 0 Å². The number of rotatable bonds is 5. The lowest BCUT2D eigenvalue weighted by atomic mass is 10.1. The van der Waals surface area contributed by atoms with Gasteiger partial charge in [-0.05, 0) is 12.1 Å². The van der Waals surface area contributed by atoms with Crippen molar-refractivity contribution in [2.45, 2.75) is 6.29 Å². The number of nitrogens with two attached hydrogens (primary N) is 1. The zero-order chi connectivity index (χ0) is 12.8. The van der Waals surface area contributed by atoms with Crippen LogP contribution in [0.3, 0.4) is 0 Å². The van der Waals surface area contributed by atoms with E-state index in [2.05, 4.69) is 5.32 Å². The van der Waals surface area contributed by atoms with Crippen LogP contribution >= 0.6 is 0 Å². The number of benzene rings is 1. The van der Waals surface area contributed by atoms with E-state index in [9.17, 15) is 9.18 Å². The Kier molecular flexibility index (Phi) is 4.86. The molecule has 5 nitrogen and oxygen atoms in total. The van der Waals surface area contributed by atoms with Crippen molar-refractivity contribution in [1.82, 2.24) is 5.32 Å². The zero-order valence-electron chi connectivity index (χ0n) is 9.70. The molecule has 0 radical (unpaired) electrons. The number of hydrogen-bond acceptors (Lipinski definition) is 4. The van der Waals surface area contributed by atoms with E-state index in [1.165, 1.54) is 32.4 Å². The second-order valence-corrected chi connectivity index (χ2v) is 3.31. The molecular formula is C11H15FN2O3. The summed E-state index contributed by atoms with van der Waals surface area (Å²) in [6.45, 7) is 0.155.